The van der Waals surface area contributed by atoms with Crippen LogP contribution in [0.4, 0.5) is 13.2 Å². The first kappa shape index (κ1) is 21.2. The number of piperazine rings is 1. The Hall–Kier alpha value is -3.06. The topological polar surface area (TPSA) is 32.8 Å². The second-order valence-corrected chi connectivity index (χ2v) is 7.61. The van der Waals surface area contributed by atoms with Gasteiger partial charge in [0.2, 0.25) is 0 Å². The Labute approximate surface area is 178 Å². The Bertz CT molecular complexity index is 1060. The van der Waals surface area contributed by atoms with Gasteiger partial charge in [-0.1, -0.05) is 48.5 Å². The lowest BCUT2D eigenvalue weighted by atomic mass is 10.1. The molecule has 0 saturated carbocycles. The minimum absolute atomic E-state index is 0.0603. The third-order valence-electron chi connectivity index (χ3n) is 5.52. The van der Waals surface area contributed by atoms with Gasteiger partial charge in [-0.3, -0.25) is 9.69 Å². The van der Waals surface area contributed by atoms with Gasteiger partial charge in [-0.05, 0) is 34.5 Å². The van der Waals surface area contributed by atoms with E-state index < -0.39 is 11.7 Å². The van der Waals surface area contributed by atoms with Gasteiger partial charge in [0, 0.05) is 32.7 Å². The monoisotopic (exact) mass is 428 g/mol. The summed E-state index contributed by atoms with van der Waals surface area (Å²) in [6.45, 7) is 2.13. The molecule has 3 aromatic carbocycles. The Morgan fingerprint density at radius 3 is 2.29 bits per heavy atom. The molecule has 0 spiro atoms. The average Bonchev–Trinajstić information content (AvgIpc) is 2.77. The third kappa shape index (κ3) is 5.17. The quantitative estimate of drug-likeness (QED) is 0.596. The van der Waals surface area contributed by atoms with Crippen molar-refractivity contribution in [2.75, 3.05) is 32.8 Å². The molecule has 31 heavy (non-hydrogen) atoms. The van der Waals surface area contributed by atoms with Crippen LogP contribution in [0.5, 0.6) is 5.75 Å². The zero-order valence-electron chi connectivity index (χ0n) is 16.9. The first-order valence-electron chi connectivity index (χ1n) is 10.2. The Morgan fingerprint density at radius 1 is 0.871 bits per heavy atom. The van der Waals surface area contributed by atoms with Crippen molar-refractivity contribution in [1.29, 1.82) is 0 Å². The van der Waals surface area contributed by atoms with Gasteiger partial charge in [0.25, 0.3) is 5.91 Å². The van der Waals surface area contributed by atoms with Crippen LogP contribution >= 0.6 is 0 Å². The van der Waals surface area contributed by atoms with Crippen molar-refractivity contribution in [3.05, 3.63) is 77.9 Å². The number of benzene rings is 3. The van der Waals surface area contributed by atoms with Crippen LogP contribution in [0.15, 0.2) is 66.7 Å². The number of halogens is 3. The van der Waals surface area contributed by atoms with Crippen molar-refractivity contribution in [2.45, 2.75) is 12.7 Å². The molecular formula is C24H23F3N2O2. The van der Waals surface area contributed by atoms with Crippen molar-refractivity contribution < 1.29 is 22.7 Å². The summed E-state index contributed by atoms with van der Waals surface area (Å²) >= 11 is 0. The molecule has 0 aromatic heterocycles. The fourth-order valence-electron chi connectivity index (χ4n) is 3.82. The summed E-state index contributed by atoms with van der Waals surface area (Å²) < 4.78 is 45.3. The zero-order valence-corrected chi connectivity index (χ0v) is 16.9. The average molecular weight is 428 g/mol. The predicted octanol–water partition coefficient (Wildman–Crippen LogP) is 4.58. The summed E-state index contributed by atoms with van der Waals surface area (Å²) in [7, 11) is 0. The molecule has 1 saturated heterocycles. The highest BCUT2D eigenvalue weighted by Gasteiger charge is 2.33. The van der Waals surface area contributed by atoms with Crippen LogP contribution in [0.25, 0.3) is 10.8 Å². The molecule has 1 heterocycles. The minimum atomic E-state index is -4.37. The van der Waals surface area contributed by atoms with Gasteiger partial charge in [-0.2, -0.15) is 13.2 Å². The van der Waals surface area contributed by atoms with E-state index in [0.717, 1.165) is 16.8 Å². The molecule has 0 N–H and O–H groups in total. The molecule has 1 fully saturated rings. The summed E-state index contributed by atoms with van der Waals surface area (Å²) in [4.78, 5) is 16.2. The molecule has 1 amide bonds. The highest BCUT2D eigenvalue weighted by molar-refractivity contribution is 5.84. The molecule has 162 valence electrons. The maximum atomic E-state index is 13.2. The number of hydrogen-bond acceptors (Lipinski definition) is 3. The summed E-state index contributed by atoms with van der Waals surface area (Å²) in [5.41, 5.74) is -0.341. The summed E-state index contributed by atoms with van der Waals surface area (Å²) in [6.07, 6.45) is -4.37. The van der Waals surface area contributed by atoms with Crippen LogP contribution in [0.3, 0.4) is 0 Å². The predicted molar refractivity (Wildman–Crippen MR) is 113 cm³/mol. The lowest BCUT2D eigenvalue weighted by molar-refractivity contribution is -0.138. The third-order valence-corrected chi connectivity index (χ3v) is 5.52. The number of rotatable bonds is 5. The largest absolute Gasteiger partial charge is 0.484 e. The normalized spacial score (nSPS) is 15.3. The van der Waals surface area contributed by atoms with Gasteiger partial charge in [0.15, 0.2) is 6.61 Å². The lowest BCUT2D eigenvalue weighted by Gasteiger charge is -2.35. The van der Waals surface area contributed by atoms with E-state index in [9.17, 15) is 18.0 Å². The molecule has 0 radical (unpaired) electrons. The number of alkyl halides is 3. The van der Waals surface area contributed by atoms with Crippen molar-refractivity contribution in [1.82, 2.24) is 9.80 Å². The Balaban J connectivity index is 1.29. The van der Waals surface area contributed by atoms with Gasteiger partial charge in [0.05, 0.1) is 5.56 Å². The Kier molecular flexibility index (Phi) is 6.13. The van der Waals surface area contributed by atoms with Crippen LogP contribution in [-0.4, -0.2) is 48.5 Å². The number of ether oxygens (including phenoxy) is 1. The second-order valence-electron chi connectivity index (χ2n) is 7.61. The number of nitrogens with zero attached hydrogens (tertiary/aromatic N) is 2. The maximum absolute atomic E-state index is 13.2. The number of carbonyl (C=O) groups is 1. The van der Waals surface area contributed by atoms with Gasteiger partial charge < -0.3 is 9.64 Å². The van der Waals surface area contributed by atoms with Crippen LogP contribution in [0, 0.1) is 0 Å². The first-order chi connectivity index (χ1) is 14.9. The molecule has 3 aromatic rings. The van der Waals surface area contributed by atoms with Crippen molar-refractivity contribution in [3.63, 3.8) is 0 Å². The van der Waals surface area contributed by atoms with Gasteiger partial charge in [-0.15, -0.1) is 0 Å². The van der Waals surface area contributed by atoms with Crippen LogP contribution in [-0.2, 0) is 17.5 Å². The van der Waals surface area contributed by atoms with E-state index in [2.05, 4.69) is 0 Å². The molecule has 0 unspecified atom stereocenters. The van der Waals surface area contributed by atoms with Crippen LogP contribution in [0.2, 0.25) is 0 Å². The first-order valence-corrected chi connectivity index (χ1v) is 10.2. The van der Waals surface area contributed by atoms with Gasteiger partial charge in [-0.25, -0.2) is 0 Å². The summed E-state index contributed by atoms with van der Waals surface area (Å²) in [5.74, 6) is 0.512. The minimum Gasteiger partial charge on any atom is -0.484 e. The summed E-state index contributed by atoms with van der Waals surface area (Å²) in [5, 5.41) is 2.14. The molecule has 4 nitrogen and oxygen atoms in total. The standard InChI is InChI=1S/C24H23F3N2O2/c25-24(26,27)22-8-4-3-7-20(22)16-28-11-13-29(14-12-28)23(30)17-31-21-10-9-18-5-1-2-6-19(18)15-21/h1-10,15H,11-14,16-17H2. The molecule has 4 rings (SSSR count). The smallest absolute Gasteiger partial charge is 0.416 e. The number of carbonyl (C=O) groups excluding carboxylic acids is 1. The lowest BCUT2D eigenvalue weighted by Crippen LogP contribution is -2.49. The fraction of sp³-hybridized carbons (Fsp3) is 0.292. The SMILES string of the molecule is O=C(COc1ccc2ccccc2c1)N1CCN(Cc2ccccc2C(F)(F)F)CC1. The van der Waals surface area contributed by atoms with Crippen molar-refractivity contribution in [2.24, 2.45) is 0 Å². The number of hydrogen-bond donors (Lipinski definition) is 0. The van der Waals surface area contributed by atoms with Crippen LogP contribution < -0.4 is 4.74 Å². The van der Waals surface area contributed by atoms with Gasteiger partial charge >= 0.3 is 6.18 Å². The molecule has 1 aliphatic heterocycles. The molecule has 0 aliphatic carbocycles. The van der Waals surface area contributed by atoms with E-state index in [4.69, 9.17) is 4.74 Å². The van der Waals surface area contributed by atoms with E-state index in [1.165, 1.54) is 12.1 Å². The van der Waals surface area contributed by atoms with E-state index in [1.807, 2.05) is 47.4 Å². The van der Waals surface area contributed by atoms with Crippen molar-refractivity contribution in [3.8, 4) is 5.75 Å². The van der Waals surface area contributed by atoms with E-state index >= 15 is 0 Å². The van der Waals surface area contributed by atoms with E-state index in [1.54, 1.807) is 11.0 Å². The molecule has 0 atom stereocenters. The van der Waals surface area contributed by atoms with Crippen LogP contribution in [0.1, 0.15) is 11.1 Å². The molecule has 7 heteroatoms. The summed E-state index contributed by atoms with van der Waals surface area (Å²) in [6, 6.07) is 19.2. The van der Waals surface area contributed by atoms with Gasteiger partial charge in [0.1, 0.15) is 5.75 Å². The number of fused-ring (bicyclic) bond motifs is 1. The molecule has 1 aliphatic rings. The fourth-order valence-corrected chi connectivity index (χ4v) is 3.82. The van der Waals surface area contributed by atoms with Crippen molar-refractivity contribution >= 4 is 16.7 Å². The zero-order chi connectivity index (χ0) is 21.8. The maximum Gasteiger partial charge on any atom is 0.416 e. The highest BCUT2D eigenvalue weighted by atomic mass is 19.4. The molecule has 0 bridgehead atoms. The molecular weight excluding hydrogens is 405 g/mol. The Morgan fingerprint density at radius 2 is 1.55 bits per heavy atom. The second kappa shape index (κ2) is 8.98. The van der Waals surface area contributed by atoms with E-state index in [0.29, 0.717) is 31.9 Å². The highest BCUT2D eigenvalue weighted by Crippen LogP contribution is 2.32. The number of amides is 1. The van der Waals surface area contributed by atoms with E-state index in [-0.39, 0.29) is 24.6 Å².